The zero-order valence-corrected chi connectivity index (χ0v) is 9.46. The molecule has 1 aliphatic rings. The van der Waals surface area contributed by atoms with Gasteiger partial charge in [0.2, 0.25) is 0 Å². The molecular formula is C12H17NO2. The molecule has 3 heteroatoms. The fourth-order valence-corrected chi connectivity index (χ4v) is 1.65. The van der Waals surface area contributed by atoms with Crippen LogP contribution in [0.2, 0.25) is 0 Å². The molecule has 0 spiro atoms. The Morgan fingerprint density at radius 3 is 2.67 bits per heavy atom. The normalized spacial score (nSPS) is 20.6. The van der Waals surface area contributed by atoms with E-state index in [1.54, 1.807) is 12.2 Å². The van der Waals surface area contributed by atoms with E-state index in [-0.39, 0.29) is 5.97 Å². The number of hydrogen-bond donors (Lipinski definition) is 1. The summed E-state index contributed by atoms with van der Waals surface area (Å²) in [6.45, 7) is 9.27. The van der Waals surface area contributed by atoms with Gasteiger partial charge in [-0.05, 0) is 32.9 Å². The van der Waals surface area contributed by atoms with Gasteiger partial charge in [-0.3, -0.25) is 0 Å². The second-order valence-electron chi connectivity index (χ2n) is 4.43. The van der Waals surface area contributed by atoms with Crippen molar-refractivity contribution in [1.29, 1.82) is 0 Å². The van der Waals surface area contributed by atoms with E-state index in [2.05, 4.69) is 6.58 Å². The van der Waals surface area contributed by atoms with Crippen molar-refractivity contribution in [3.05, 3.63) is 35.6 Å². The van der Waals surface area contributed by atoms with Gasteiger partial charge in [0.25, 0.3) is 0 Å². The number of carbonyl (C=O) groups excluding carboxylic acids is 1. The molecule has 82 valence electrons. The lowest BCUT2D eigenvalue weighted by molar-refractivity contribution is -0.152. The monoisotopic (exact) mass is 207 g/mol. The number of esters is 1. The predicted octanol–water partition coefficient (Wildman–Crippen LogP) is 2.06. The van der Waals surface area contributed by atoms with Gasteiger partial charge in [-0.15, -0.1) is 0 Å². The van der Waals surface area contributed by atoms with Crippen molar-refractivity contribution in [3.8, 4) is 0 Å². The van der Waals surface area contributed by atoms with Crippen LogP contribution in [0.5, 0.6) is 0 Å². The molecule has 1 aliphatic heterocycles. The van der Waals surface area contributed by atoms with E-state index in [1.807, 2.05) is 20.8 Å². The molecule has 0 aliphatic carbocycles. The third kappa shape index (κ3) is 2.98. The van der Waals surface area contributed by atoms with Crippen molar-refractivity contribution in [1.82, 2.24) is 0 Å². The maximum absolute atomic E-state index is 11.6. The summed E-state index contributed by atoms with van der Waals surface area (Å²) in [4.78, 5) is 11.6. The van der Waals surface area contributed by atoms with Crippen LogP contribution in [0.15, 0.2) is 35.6 Å². The van der Waals surface area contributed by atoms with Crippen LogP contribution in [-0.2, 0) is 9.53 Å². The number of hydrogen-bond acceptors (Lipinski definition) is 3. The summed E-state index contributed by atoms with van der Waals surface area (Å²) >= 11 is 0. The van der Waals surface area contributed by atoms with Crippen LogP contribution in [0.4, 0.5) is 0 Å². The van der Waals surface area contributed by atoms with Crippen LogP contribution < -0.4 is 5.73 Å². The summed E-state index contributed by atoms with van der Waals surface area (Å²) in [5, 5.41) is 0. The van der Waals surface area contributed by atoms with Gasteiger partial charge in [0.1, 0.15) is 5.60 Å². The number of carbonyl (C=O) groups is 1. The zero-order valence-electron chi connectivity index (χ0n) is 9.46. The molecule has 3 nitrogen and oxygen atoms in total. The molecule has 0 bridgehead atoms. The van der Waals surface area contributed by atoms with Crippen molar-refractivity contribution < 1.29 is 9.53 Å². The fraction of sp³-hybridized carbons (Fsp3) is 0.417. The van der Waals surface area contributed by atoms with Gasteiger partial charge in [-0.2, -0.15) is 0 Å². The fourth-order valence-electron chi connectivity index (χ4n) is 1.65. The van der Waals surface area contributed by atoms with E-state index in [9.17, 15) is 4.79 Å². The molecule has 0 fully saturated rings. The van der Waals surface area contributed by atoms with Crippen molar-refractivity contribution in [3.63, 3.8) is 0 Å². The molecule has 1 heterocycles. The van der Waals surface area contributed by atoms with E-state index in [0.29, 0.717) is 11.3 Å². The summed E-state index contributed by atoms with van der Waals surface area (Å²) in [5.41, 5.74) is 7.02. The molecule has 0 saturated carbocycles. The van der Waals surface area contributed by atoms with Crippen LogP contribution in [0.25, 0.3) is 0 Å². The molecule has 1 rings (SSSR count). The van der Waals surface area contributed by atoms with Gasteiger partial charge in [0.15, 0.2) is 0 Å². The number of nitrogens with two attached hydrogens (primary N) is 1. The minimum Gasteiger partial charge on any atom is -0.456 e. The molecule has 0 radical (unpaired) electrons. The van der Waals surface area contributed by atoms with Crippen molar-refractivity contribution in [2.45, 2.75) is 32.8 Å². The SMILES string of the molecule is C=C(N)/C=C\C1=C(C)CC(C)(C)OC1=O. The Labute approximate surface area is 90.3 Å². The van der Waals surface area contributed by atoms with Gasteiger partial charge in [0, 0.05) is 12.1 Å². The number of ether oxygens (including phenoxy) is 1. The molecule has 0 aromatic heterocycles. The van der Waals surface area contributed by atoms with E-state index < -0.39 is 5.60 Å². The maximum Gasteiger partial charge on any atom is 0.338 e. The summed E-state index contributed by atoms with van der Waals surface area (Å²) in [5.74, 6) is -0.291. The largest absolute Gasteiger partial charge is 0.456 e. The van der Waals surface area contributed by atoms with Gasteiger partial charge >= 0.3 is 5.97 Å². The Morgan fingerprint density at radius 1 is 1.60 bits per heavy atom. The van der Waals surface area contributed by atoms with E-state index in [4.69, 9.17) is 10.5 Å². The van der Waals surface area contributed by atoms with Crippen LogP contribution in [0.3, 0.4) is 0 Å². The van der Waals surface area contributed by atoms with Crippen LogP contribution in [0, 0.1) is 0 Å². The molecule has 0 atom stereocenters. The summed E-state index contributed by atoms with van der Waals surface area (Å²) in [6, 6.07) is 0. The minimum absolute atomic E-state index is 0.291. The Morgan fingerprint density at radius 2 is 2.20 bits per heavy atom. The quantitative estimate of drug-likeness (QED) is 0.557. The second-order valence-corrected chi connectivity index (χ2v) is 4.43. The molecular weight excluding hydrogens is 190 g/mol. The first kappa shape index (κ1) is 11.6. The Balaban J connectivity index is 2.97. The lowest BCUT2D eigenvalue weighted by Gasteiger charge is -2.30. The highest BCUT2D eigenvalue weighted by molar-refractivity contribution is 5.93. The van der Waals surface area contributed by atoms with E-state index >= 15 is 0 Å². The lowest BCUT2D eigenvalue weighted by atomic mass is 9.92. The van der Waals surface area contributed by atoms with Crippen LogP contribution >= 0.6 is 0 Å². The first-order chi connectivity index (χ1) is 6.82. The topological polar surface area (TPSA) is 52.3 Å². The molecule has 0 saturated heterocycles. The lowest BCUT2D eigenvalue weighted by Crippen LogP contribution is -2.33. The second kappa shape index (κ2) is 3.93. The standard InChI is InChI=1S/C12H17NO2/c1-8-7-12(3,4)15-11(14)10(8)6-5-9(2)13/h5-6H,2,7,13H2,1,3-4H3/b6-5-. The summed E-state index contributed by atoms with van der Waals surface area (Å²) in [7, 11) is 0. The number of cyclic esters (lactones) is 1. The number of rotatable bonds is 2. The molecule has 2 N–H and O–H groups in total. The van der Waals surface area contributed by atoms with Gasteiger partial charge in [-0.25, -0.2) is 4.79 Å². The Bertz CT molecular complexity index is 362. The van der Waals surface area contributed by atoms with Crippen molar-refractivity contribution in [2.75, 3.05) is 0 Å². The van der Waals surface area contributed by atoms with Gasteiger partial charge < -0.3 is 10.5 Å². The molecule has 15 heavy (non-hydrogen) atoms. The van der Waals surface area contributed by atoms with Gasteiger partial charge in [0.05, 0.1) is 5.57 Å². The molecule has 0 unspecified atom stereocenters. The van der Waals surface area contributed by atoms with Crippen molar-refractivity contribution in [2.24, 2.45) is 5.73 Å². The van der Waals surface area contributed by atoms with E-state index in [1.165, 1.54) is 0 Å². The zero-order chi connectivity index (χ0) is 11.6. The van der Waals surface area contributed by atoms with E-state index in [0.717, 1.165) is 12.0 Å². The smallest absolute Gasteiger partial charge is 0.338 e. The predicted molar refractivity (Wildman–Crippen MR) is 60.0 cm³/mol. The highest BCUT2D eigenvalue weighted by Gasteiger charge is 2.31. The van der Waals surface area contributed by atoms with Crippen molar-refractivity contribution >= 4 is 5.97 Å². The average Bonchev–Trinajstić information content (AvgIpc) is 1.98. The minimum atomic E-state index is -0.405. The Kier molecular flexibility index (Phi) is 3.03. The Hall–Kier alpha value is -1.51. The highest BCUT2D eigenvalue weighted by Crippen LogP contribution is 2.29. The molecule has 0 aromatic carbocycles. The maximum atomic E-state index is 11.6. The van der Waals surface area contributed by atoms with Gasteiger partial charge in [-0.1, -0.05) is 12.2 Å². The first-order valence-corrected chi connectivity index (χ1v) is 4.87. The third-order valence-electron chi connectivity index (χ3n) is 2.20. The third-order valence-corrected chi connectivity index (χ3v) is 2.20. The summed E-state index contributed by atoms with van der Waals surface area (Å²) < 4.78 is 5.27. The number of allylic oxidation sites excluding steroid dienone is 1. The average molecular weight is 207 g/mol. The van der Waals surface area contributed by atoms with Crippen LogP contribution in [0.1, 0.15) is 27.2 Å². The summed E-state index contributed by atoms with van der Waals surface area (Å²) in [6.07, 6.45) is 4.02. The molecule has 0 amide bonds. The molecule has 0 aromatic rings. The highest BCUT2D eigenvalue weighted by atomic mass is 16.6. The first-order valence-electron chi connectivity index (χ1n) is 4.87. The van der Waals surface area contributed by atoms with Crippen LogP contribution in [-0.4, -0.2) is 11.6 Å².